The summed E-state index contributed by atoms with van der Waals surface area (Å²) in [6.07, 6.45) is 0. The fourth-order valence-corrected chi connectivity index (χ4v) is 1.15. The van der Waals surface area contributed by atoms with Gasteiger partial charge in [-0.3, -0.25) is 4.79 Å². The highest BCUT2D eigenvalue weighted by Crippen LogP contribution is 2.15. The third kappa shape index (κ3) is 4.61. The Labute approximate surface area is 91.2 Å². The van der Waals surface area contributed by atoms with Gasteiger partial charge in [-0.05, 0) is 26.5 Å². The lowest BCUT2D eigenvalue weighted by molar-refractivity contribution is -0.144. The molecule has 0 amide bonds. The van der Waals surface area contributed by atoms with Gasteiger partial charge in [0, 0.05) is 0 Å². The molecule has 15 heavy (non-hydrogen) atoms. The molecule has 0 aromatic heterocycles. The van der Waals surface area contributed by atoms with E-state index in [2.05, 4.69) is 5.73 Å². The highest BCUT2D eigenvalue weighted by molar-refractivity contribution is 5.77. The van der Waals surface area contributed by atoms with Crippen LogP contribution in [0.2, 0.25) is 0 Å². The van der Waals surface area contributed by atoms with Crippen molar-refractivity contribution in [3.63, 3.8) is 0 Å². The van der Waals surface area contributed by atoms with Crippen molar-refractivity contribution in [1.29, 1.82) is 0 Å². The average molecular weight is 209 g/mol. The van der Waals surface area contributed by atoms with E-state index < -0.39 is 0 Å². The van der Waals surface area contributed by atoms with Crippen LogP contribution in [0.4, 0.5) is 0 Å². The predicted octanol–water partition coefficient (Wildman–Crippen LogP) is 1.93. The number of carbonyl (C=O) groups is 1. The van der Waals surface area contributed by atoms with Gasteiger partial charge in [0.15, 0.2) is 0 Å². The van der Waals surface area contributed by atoms with Gasteiger partial charge in [0.1, 0.15) is 0 Å². The minimum atomic E-state index is -0.166. The summed E-state index contributed by atoms with van der Waals surface area (Å²) < 4.78 is 4.92. The maximum Gasteiger partial charge on any atom is 0.313 e. The number of esters is 1. The zero-order valence-electron chi connectivity index (χ0n) is 9.57. The van der Waals surface area contributed by atoms with Crippen molar-refractivity contribution in [2.24, 2.45) is 5.73 Å². The number of carbonyl (C=O) groups excluding carboxylic acids is 1. The van der Waals surface area contributed by atoms with Crippen LogP contribution in [0, 0.1) is 0 Å². The lowest BCUT2D eigenvalue weighted by Crippen LogP contribution is -2.12. The van der Waals surface area contributed by atoms with Crippen molar-refractivity contribution < 1.29 is 9.53 Å². The third-order valence-electron chi connectivity index (χ3n) is 1.94. The molecular formula is C12H19NO2. The zero-order chi connectivity index (χ0) is 11.7. The molecule has 1 aromatic carbocycles. The van der Waals surface area contributed by atoms with Crippen LogP contribution in [-0.4, -0.2) is 19.6 Å². The highest BCUT2D eigenvalue weighted by Gasteiger charge is 2.14. The lowest BCUT2D eigenvalue weighted by atomic mass is 10.0. The first kappa shape index (κ1) is 13.7. The van der Waals surface area contributed by atoms with Crippen LogP contribution in [0.3, 0.4) is 0 Å². The molecule has 0 heterocycles. The Morgan fingerprint density at radius 1 is 1.33 bits per heavy atom. The van der Waals surface area contributed by atoms with E-state index in [4.69, 9.17) is 4.74 Å². The third-order valence-corrected chi connectivity index (χ3v) is 1.94. The molecule has 0 radical (unpaired) electrons. The van der Waals surface area contributed by atoms with Crippen molar-refractivity contribution in [2.45, 2.75) is 19.8 Å². The van der Waals surface area contributed by atoms with Crippen LogP contribution < -0.4 is 5.73 Å². The van der Waals surface area contributed by atoms with Gasteiger partial charge < -0.3 is 10.5 Å². The molecule has 3 heteroatoms. The van der Waals surface area contributed by atoms with Crippen molar-refractivity contribution >= 4 is 5.97 Å². The van der Waals surface area contributed by atoms with Gasteiger partial charge in [0.2, 0.25) is 0 Å². The summed E-state index contributed by atoms with van der Waals surface area (Å²) in [4.78, 5) is 11.3. The summed E-state index contributed by atoms with van der Waals surface area (Å²) in [5.41, 5.74) is 5.50. The van der Waals surface area contributed by atoms with Gasteiger partial charge in [-0.1, -0.05) is 30.3 Å². The fraction of sp³-hybridized carbons (Fsp3) is 0.417. The summed E-state index contributed by atoms with van der Waals surface area (Å²) in [5.74, 6) is -0.324. The largest absolute Gasteiger partial charge is 0.466 e. The number of benzene rings is 1. The van der Waals surface area contributed by atoms with Crippen LogP contribution in [0.5, 0.6) is 0 Å². The van der Waals surface area contributed by atoms with Gasteiger partial charge >= 0.3 is 5.97 Å². The highest BCUT2D eigenvalue weighted by atomic mass is 16.5. The van der Waals surface area contributed by atoms with Gasteiger partial charge in [-0.15, -0.1) is 0 Å². The zero-order valence-corrected chi connectivity index (χ0v) is 9.57. The molecule has 0 bridgehead atoms. The summed E-state index contributed by atoms with van der Waals surface area (Å²) in [6.45, 7) is 4.11. The SMILES string of the molecule is CCOC(=O)C(C)c1ccccc1.CN. The Balaban J connectivity index is 0.000000921. The molecule has 3 nitrogen and oxygen atoms in total. The second-order valence-electron chi connectivity index (χ2n) is 2.88. The Hall–Kier alpha value is -1.35. The molecule has 1 aromatic rings. The normalized spacial score (nSPS) is 10.9. The Kier molecular flexibility index (Phi) is 7.28. The van der Waals surface area contributed by atoms with E-state index in [0.717, 1.165) is 5.56 Å². The fourth-order valence-electron chi connectivity index (χ4n) is 1.15. The molecule has 2 N–H and O–H groups in total. The van der Waals surface area contributed by atoms with Gasteiger partial charge in [-0.25, -0.2) is 0 Å². The summed E-state index contributed by atoms with van der Waals surface area (Å²) in [6, 6.07) is 9.64. The summed E-state index contributed by atoms with van der Waals surface area (Å²) in [7, 11) is 1.50. The Morgan fingerprint density at radius 2 is 1.87 bits per heavy atom. The van der Waals surface area contributed by atoms with E-state index >= 15 is 0 Å². The second-order valence-corrected chi connectivity index (χ2v) is 2.88. The molecule has 1 unspecified atom stereocenters. The van der Waals surface area contributed by atoms with Crippen LogP contribution in [0.25, 0.3) is 0 Å². The smallest absolute Gasteiger partial charge is 0.313 e. The van der Waals surface area contributed by atoms with Crippen molar-refractivity contribution in [3.05, 3.63) is 35.9 Å². The van der Waals surface area contributed by atoms with E-state index in [-0.39, 0.29) is 11.9 Å². The molecule has 0 aliphatic carbocycles. The number of hydrogen-bond acceptors (Lipinski definition) is 3. The maximum absolute atomic E-state index is 11.3. The first-order valence-corrected chi connectivity index (χ1v) is 5.05. The van der Waals surface area contributed by atoms with Gasteiger partial charge in [0.05, 0.1) is 12.5 Å². The number of rotatable bonds is 3. The molecule has 0 spiro atoms. The van der Waals surface area contributed by atoms with Crippen LogP contribution in [0.15, 0.2) is 30.3 Å². The van der Waals surface area contributed by atoms with Crippen LogP contribution in [0.1, 0.15) is 25.3 Å². The van der Waals surface area contributed by atoms with Crippen LogP contribution >= 0.6 is 0 Å². The maximum atomic E-state index is 11.3. The number of hydrogen-bond donors (Lipinski definition) is 1. The topological polar surface area (TPSA) is 52.3 Å². The minimum absolute atomic E-state index is 0.159. The van der Waals surface area contributed by atoms with Gasteiger partial charge in [0.25, 0.3) is 0 Å². The van der Waals surface area contributed by atoms with E-state index in [9.17, 15) is 4.79 Å². The monoisotopic (exact) mass is 209 g/mol. The van der Waals surface area contributed by atoms with E-state index in [0.29, 0.717) is 6.61 Å². The molecule has 0 aliphatic rings. The molecule has 84 valence electrons. The molecule has 0 saturated heterocycles. The Bertz CT molecular complexity index is 272. The number of ether oxygens (including phenoxy) is 1. The Morgan fingerprint density at radius 3 is 2.33 bits per heavy atom. The van der Waals surface area contributed by atoms with E-state index in [1.165, 1.54) is 7.05 Å². The number of nitrogens with two attached hydrogens (primary N) is 1. The standard InChI is InChI=1S/C11H14O2.CH5N/c1-3-13-11(12)9(2)10-7-5-4-6-8-10;1-2/h4-9H,3H2,1-2H3;2H2,1H3. The summed E-state index contributed by atoms with van der Waals surface area (Å²) >= 11 is 0. The quantitative estimate of drug-likeness (QED) is 0.774. The van der Waals surface area contributed by atoms with E-state index in [1.54, 1.807) is 0 Å². The first-order chi connectivity index (χ1) is 7.25. The molecule has 1 rings (SSSR count). The molecule has 1 atom stereocenters. The van der Waals surface area contributed by atoms with Crippen LogP contribution in [-0.2, 0) is 9.53 Å². The minimum Gasteiger partial charge on any atom is -0.466 e. The van der Waals surface area contributed by atoms with Crippen molar-refractivity contribution in [1.82, 2.24) is 0 Å². The second kappa shape index (κ2) is 8.00. The first-order valence-electron chi connectivity index (χ1n) is 5.05. The summed E-state index contributed by atoms with van der Waals surface area (Å²) in [5, 5.41) is 0. The molecule has 0 saturated carbocycles. The van der Waals surface area contributed by atoms with E-state index in [1.807, 2.05) is 44.2 Å². The van der Waals surface area contributed by atoms with Crippen molar-refractivity contribution in [2.75, 3.05) is 13.7 Å². The van der Waals surface area contributed by atoms with Gasteiger partial charge in [-0.2, -0.15) is 0 Å². The predicted molar refractivity (Wildman–Crippen MR) is 61.6 cm³/mol. The lowest BCUT2D eigenvalue weighted by Gasteiger charge is -2.09. The average Bonchev–Trinajstić information content (AvgIpc) is 2.32. The molecular weight excluding hydrogens is 190 g/mol. The van der Waals surface area contributed by atoms with Crippen molar-refractivity contribution in [3.8, 4) is 0 Å². The molecule has 0 aliphatic heterocycles. The molecule has 0 fully saturated rings.